The van der Waals surface area contributed by atoms with Gasteiger partial charge in [-0.05, 0) is 38.1 Å². The molecule has 1 aliphatic rings. The smallest absolute Gasteiger partial charge is 0.257 e. The summed E-state index contributed by atoms with van der Waals surface area (Å²) in [6, 6.07) is 5.55. The SMILES string of the molecule is CC1CCN(C)C(Cn2cc(C(=O)NCc3ccc(F)cc3)c(=O)c(O)c2C=O)O1. The quantitative estimate of drug-likeness (QED) is 0.691. The van der Waals surface area contributed by atoms with Crippen LogP contribution in [0, 0.1) is 5.82 Å². The Balaban J connectivity index is 1.85. The Bertz CT molecular complexity index is 989. The van der Waals surface area contributed by atoms with E-state index in [9.17, 15) is 23.9 Å². The first kappa shape index (κ1) is 21.7. The molecule has 160 valence electrons. The first-order chi connectivity index (χ1) is 14.3. The number of pyridine rings is 1. The molecule has 0 radical (unpaired) electrons. The van der Waals surface area contributed by atoms with E-state index in [1.807, 2.05) is 18.9 Å². The van der Waals surface area contributed by atoms with Gasteiger partial charge in [0.15, 0.2) is 12.0 Å². The molecule has 1 aliphatic heterocycles. The number of aromatic nitrogens is 1. The summed E-state index contributed by atoms with van der Waals surface area (Å²) >= 11 is 0. The van der Waals surface area contributed by atoms with Crippen LogP contribution < -0.4 is 10.7 Å². The van der Waals surface area contributed by atoms with Crippen LogP contribution in [0.5, 0.6) is 5.75 Å². The second-order valence-electron chi connectivity index (χ2n) is 7.36. The molecule has 8 nitrogen and oxygen atoms in total. The fourth-order valence-electron chi connectivity index (χ4n) is 3.30. The average molecular weight is 417 g/mol. The van der Waals surface area contributed by atoms with Crippen molar-refractivity contribution in [2.24, 2.45) is 0 Å². The molecule has 30 heavy (non-hydrogen) atoms. The van der Waals surface area contributed by atoms with E-state index in [1.54, 1.807) is 0 Å². The van der Waals surface area contributed by atoms with Crippen LogP contribution in [0.4, 0.5) is 4.39 Å². The van der Waals surface area contributed by atoms with Gasteiger partial charge in [-0.15, -0.1) is 0 Å². The van der Waals surface area contributed by atoms with Crippen molar-refractivity contribution in [1.82, 2.24) is 14.8 Å². The number of nitrogens with zero attached hydrogens (tertiary/aromatic N) is 2. The van der Waals surface area contributed by atoms with Crippen molar-refractivity contribution in [1.29, 1.82) is 0 Å². The van der Waals surface area contributed by atoms with Gasteiger partial charge in [0, 0.05) is 19.3 Å². The molecule has 2 atom stereocenters. The van der Waals surface area contributed by atoms with Crippen LogP contribution in [0.3, 0.4) is 0 Å². The van der Waals surface area contributed by atoms with Crippen LogP contribution in [-0.4, -0.2) is 52.7 Å². The van der Waals surface area contributed by atoms with Crippen molar-refractivity contribution in [3.8, 4) is 5.75 Å². The summed E-state index contributed by atoms with van der Waals surface area (Å²) in [5, 5.41) is 12.8. The molecule has 9 heteroatoms. The number of ether oxygens (including phenoxy) is 1. The van der Waals surface area contributed by atoms with E-state index in [-0.39, 0.29) is 36.7 Å². The van der Waals surface area contributed by atoms with Crippen molar-refractivity contribution in [3.63, 3.8) is 0 Å². The van der Waals surface area contributed by atoms with Gasteiger partial charge in [-0.1, -0.05) is 12.1 Å². The fraction of sp³-hybridized carbons (Fsp3) is 0.381. The van der Waals surface area contributed by atoms with E-state index in [1.165, 1.54) is 35.0 Å². The summed E-state index contributed by atoms with van der Waals surface area (Å²) in [7, 11) is 1.87. The predicted octanol–water partition coefficient (Wildman–Crippen LogP) is 1.50. The number of likely N-dealkylation sites (N-methyl/N-ethyl adjacent to an activating group) is 1. The molecule has 1 saturated heterocycles. The molecule has 2 unspecified atom stereocenters. The molecule has 2 aromatic rings. The lowest BCUT2D eigenvalue weighted by atomic mass is 10.1. The number of hydrogen-bond acceptors (Lipinski definition) is 6. The molecule has 0 spiro atoms. The van der Waals surface area contributed by atoms with Gasteiger partial charge >= 0.3 is 0 Å². The van der Waals surface area contributed by atoms with Crippen molar-refractivity contribution in [3.05, 3.63) is 63.3 Å². The maximum Gasteiger partial charge on any atom is 0.257 e. The van der Waals surface area contributed by atoms with Crippen molar-refractivity contribution in [2.75, 3.05) is 13.6 Å². The molecule has 1 amide bonds. The second-order valence-corrected chi connectivity index (χ2v) is 7.36. The Kier molecular flexibility index (Phi) is 6.63. The molecule has 1 fully saturated rings. The molecule has 2 N–H and O–H groups in total. The van der Waals surface area contributed by atoms with E-state index in [4.69, 9.17) is 4.74 Å². The Morgan fingerprint density at radius 1 is 1.37 bits per heavy atom. The van der Waals surface area contributed by atoms with Crippen LogP contribution in [-0.2, 0) is 17.8 Å². The lowest BCUT2D eigenvalue weighted by Crippen LogP contribution is -2.46. The Hall–Kier alpha value is -3.04. The number of aromatic hydroxyl groups is 1. The molecule has 0 bridgehead atoms. The number of carbonyl (C=O) groups is 2. The van der Waals surface area contributed by atoms with Crippen molar-refractivity contribution in [2.45, 2.75) is 38.8 Å². The molecule has 1 aromatic heterocycles. The highest BCUT2D eigenvalue weighted by Crippen LogP contribution is 2.19. The number of rotatable bonds is 6. The average Bonchev–Trinajstić information content (AvgIpc) is 2.72. The minimum atomic E-state index is -0.934. The number of aldehydes is 1. The van der Waals surface area contributed by atoms with Crippen molar-refractivity contribution >= 4 is 12.2 Å². The fourth-order valence-corrected chi connectivity index (χ4v) is 3.30. The van der Waals surface area contributed by atoms with E-state index < -0.39 is 22.9 Å². The maximum absolute atomic E-state index is 13.0. The van der Waals surface area contributed by atoms with Crippen LogP contribution in [0.1, 0.15) is 39.8 Å². The molecular formula is C21H24FN3O5. The van der Waals surface area contributed by atoms with E-state index in [2.05, 4.69) is 5.32 Å². The number of amides is 1. The zero-order valence-corrected chi connectivity index (χ0v) is 16.8. The topological polar surface area (TPSA) is 101 Å². The minimum absolute atomic E-state index is 0.0253. The molecular weight excluding hydrogens is 393 g/mol. The van der Waals surface area contributed by atoms with E-state index >= 15 is 0 Å². The summed E-state index contributed by atoms with van der Waals surface area (Å²) in [4.78, 5) is 38.5. The lowest BCUT2D eigenvalue weighted by molar-refractivity contribution is -0.129. The van der Waals surface area contributed by atoms with Gasteiger partial charge in [0.25, 0.3) is 5.91 Å². The highest BCUT2D eigenvalue weighted by atomic mass is 19.1. The summed E-state index contributed by atoms with van der Waals surface area (Å²) in [6.45, 7) is 2.96. The Morgan fingerprint density at radius 2 is 2.07 bits per heavy atom. The first-order valence-corrected chi connectivity index (χ1v) is 9.60. The number of carbonyl (C=O) groups excluding carboxylic acids is 2. The number of hydrogen-bond donors (Lipinski definition) is 2. The molecule has 2 heterocycles. The molecule has 0 saturated carbocycles. The third-order valence-electron chi connectivity index (χ3n) is 5.14. The summed E-state index contributed by atoms with van der Waals surface area (Å²) in [6.07, 6.45) is 2.13. The van der Waals surface area contributed by atoms with Gasteiger partial charge in [-0.25, -0.2) is 4.39 Å². The summed E-state index contributed by atoms with van der Waals surface area (Å²) in [5.41, 5.74) is -0.807. The van der Waals surface area contributed by atoms with Gasteiger partial charge in [0.1, 0.15) is 23.3 Å². The van der Waals surface area contributed by atoms with Crippen molar-refractivity contribution < 1.29 is 23.8 Å². The normalized spacial score (nSPS) is 19.4. The highest BCUT2D eigenvalue weighted by Gasteiger charge is 2.27. The lowest BCUT2D eigenvalue weighted by Gasteiger charge is -2.36. The van der Waals surface area contributed by atoms with E-state index in [0.29, 0.717) is 11.8 Å². The zero-order chi connectivity index (χ0) is 21.8. The Labute approximate surface area is 172 Å². The standard InChI is InChI=1S/C21H24FN3O5/c1-13-7-8-24(2)18(30-13)11-25-10-16(19(27)20(28)17(25)12-26)21(29)23-9-14-3-5-15(22)6-4-14/h3-6,10,12-13,18,28H,7-9,11H2,1-2H3,(H,23,29). The monoisotopic (exact) mass is 417 g/mol. The van der Waals surface area contributed by atoms with Gasteiger partial charge in [0.05, 0.1) is 12.6 Å². The van der Waals surface area contributed by atoms with Crippen LogP contribution >= 0.6 is 0 Å². The minimum Gasteiger partial charge on any atom is -0.503 e. The molecule has 3 rings (SSSR count). The molecule has 0 aliphatic carbocycles. The number of benzene rings is 1. The third-order valence-corrected chi connectivity index (χ3v) is 5.14. The van der Waals surface area contributed by atoms with Gasteiger partial charge in [-0.3, -0.25) is 19.3 Å². The zero-order valence-electron chi connectivity index (χ0n) is 16.8. The highest BCUT2D eigenvalue weighted by molar-refractivity contribution is 5.95. The largest absolute Gasteiger partial charge is 0.503 e. The third kappa shape index (κ3) is 4.74. The van der Waals surface area contributed by atoms with Gasteiger partial charge in [0.2, 0.25) is 5.43 Å². The number of halogens is 1. The van der Waals surface area contributed by atoms with Gasteiger partial charge in [-0.2, -0.15) is 0 Å². The second kappa shape index (κ2) is 9.19. The predicted molar refractivity (Wildman–Crippen MR) is 107 cm³/mol. The summed E-state index contributed by atoms with van der Waals surface area (Å²) in [5.74, 6) is -1.89. The summed E-state index contributed by atoms with van der Waals surface area (Å²) < 4.78 is 20.2. The Morgan fingerprint density at radius 3 is 2.73 bits per heavy atom. The van der Waals surface area contributed by atoms with E-state index in [0.717, 1.165) is 13.0 Å². The van der Waals surface area contributed by atoms with Crippen LogP contribution in [0.25, 0.3) is 0 Å². The first-order valence-electron chi connectivity index (χ1n) is 9.60. The van der Waals surface area contributed by atoms with Gasteiger partial charge < -0.3 is 19.7 Å². The number of nitrogens with one attached hydrogen (secondary N) is 1. The van der Waals surface area contributed by atoms with Crippen LogP contribution in [0.15, 0.2) is 35.3 Å². The molecule has 1 aromatic carbocycles. The van der Waals surface area contributed by atoms with Crippen LogP contribution in [0.2, 0.25) is 0 Å². The maximum atomic E-state index is 13.0.